The van der Waals surface area contributed by atoms with Crippen LogP contribution < -0.4 is 9.47 Å². The van der Waals surface area contributed by atoms with Crippen molar-refractivity contribution in [1.82, 2.24) is 0 Å². The number of rotatable bonds is 12. The van der Waals surface area contributed by atoms with Gasteiger partial charge in [-0.25, -0.2) is 0 Å². The normalized spacial score (nSPS) is 11.0. The van der Waals surface area contributed by atoms with Crippen molar-refractivity contribution in [2.24, 2.45) is 0 Å². The molecule has 30 heavy (non-hydrogen) atoms. The molecule has 162 valence electrons. The summed E-state index contributed by atoms with van der Waals surface area (Å²) in [7, 11) is 1.15. The number of ether oxygens (including phenoxy) is 3. The highest BCUT2D eigenvalue weighted by Crippen LogP contribution is 2.49. The van der Waals surface area contributed by atoms with Crippen LogP contribution >= 0.6 is 7.60 Å². The molecule has 0 aromatic heterocycles. The molecule has 0 bridgehead atoms. The second-order valence-electron chi connectivity index (χ2n) is 6.34. The Morgan fingerprint density at radius 1 is 1.00 bits per heavy atom. The lowest BCUT2D eigenvalue weighted by atomic mass is 10.1. The Balaban J connectivity index is 2.08. The van der Waals surface area contributed by atoms with E-state index < -0.39 is 7.60 Å². The van der Waals surface area contributed by atoms with Crippen LogP contribution in [0.25, 0.3) is 0 Å². The van der Waals surface area contributed by atoms with Gasteiger partial charge in [-0.2, -0.15) is 0 Å². The molecular weight excluding hydrogens is 407 g/mol. The number of carbonyl (C=O) groups excluding carboxylic acids is 1. The van der Waals surface area contributed by atoms with Crippen LogP contribution in [0.1, 0.15) is 17.5 Å². The number of carbonyl (C=O) groups is 1. The van der Waals surface area contributed by atoms with Crippen molar-refractivity contribution in [2.75, 3.05) is 27.9 Å². The fourth-order valence-electron chi connectivity index (χ4n) is 2.64. The van der Waals surface area contributed by atoms with Gasteiger partial charge in [-0.05, 0) is 41.8 Å². The van der Waals surface area contributed by atoms with E-state index in [0.29, 0.717) is 23.7 Å². The van der Waals surface area contributed by atoms with E-state index in [-0.39, 0.29) is 25.2 Å². The van der Waals surface area contributed by atoms with E-state index in [2.05, 4.69) is 6.58 Å². The number of hydrogen-bond donors (Lipinski definition) is 0. The van der Waals surface area contributed by atoms with Gasteiger partial charge in [-0.15, -0.1) is 0 Å². The summed E-state index contributed by atoms with van der Waals surface area (Å²) in [5.74, 6) is 1.40. The number of esters is 1. The Morgan fingerprint density at radius 2 is 1.67 bits per heavy atom. The average molecular weight is 434 g/mol. The van der Waals surface area contributed by atoms with Crippen LogP contribution in [0.4, 0.5) is 0 Å². The van der Waals surface area contributed by atoms with E-state index in [1.807, 2.05) is 12.1 Å². The summed E-state index contributed by atoms with van der Waals surface area (Å²) in [6.45, 7) is 3.72. The maximum atomic E-state index is 12.3. The standard InChI is InChI=1S/C22H27O7P/c1-5-14-28-22(23)13-9-17-8-12-20(25-2)21(15-17)29-19-10-6-18(7-11-19)16-30(24,26-3)27-4/h5-8,10-12,15H,1,9,13-14,16H2,2-4H3. The van der Waals surface area contributed by atoms with Gasteiger partial charge in [0, 0.05) is 20.6 Å². The highest BCUT2D eigenvalue weighted by atomic mass is 31.2. The van der Waals surface area contributed by atoms with Crippen LogP contribution in [0.3, 0.4) is 0 Å². The van der Waals surface area contributed by atoms with Crippen LogP contribution in [-0.4, -0.2) is 33.9 Å². The van der Waals surface area contributed by atoms with Gasteiger partial charge in [0.15, 0.2) is 11.5 Å². The highest BCUT2D eigenvalue weighted by Gasteiger charge is 2.21. The predicted octanol–water partition coefficient (Wildman–Crippen LogP) is 5.14. The minimum absolute atomic E-state index is 0.168. The maximum absolute atomic E-state index is 12.3. The number of methoxy groups -OCH3 is 1. The third-order valence-corrected chi connectivity index (χ3v) is 6.16. The lowest BCUT2D eigenvalue weighted by molar-refractivity contribution is -0.142. The molecule has 2 rings (SSSR count). The number of aryl methyl sites for hydroxylation is 1. The SMILES string of the molecule is C=CCOC(=O)CCc1ccc(OC)c(Oc2ccc(CP(=O)(OC)OC)cc2)c1. The molecule has 0 aliphatic rings. The van der Waals surface area contributed by atoms with Gasteiger partial charge in [0.2, 0.25) is 0 Å². The molecule has 7 nitrogen and oxygen atoms in total. The van der Waals surface area contributed by atoms with E-state index in [1.165, 1.54) is 20.3 Å². The minimum Gasteiger partial charge on any atom is -0.493 e. The summed E-state index contributed by atoms with van der Waals surface area (Å²) in [5.41, 5.74) is 1.72. The molecule has 0 amide bonds. The van der Waals surface area contributed by atoms with Gasteiger partial charge in [0.05, 0.1) is 13.3 Å². The molecule has 0 heterocycles. The Labute approximate surface area is 177 Å². The quantitative estimate of drug-likeness (QED) is 0.260. The molecule has 2 aromatic carbocycles. The molecule has 0 unspecified atom stereocenters. The Bertz CT molecular complexity index is 885. The first-order chi connectivity index (χ1) is 14.4. The Hall–Kier alpha value is -2.60. The molecule has 0 atom stereocenters. The third kappa shape index (κ3) is 7.02. The summed E-state index contributed by atoms with van der Waals surface area (Å²) in [6, 6.07) is 12.6. The number of hydrogen-bond acceptors (Lipinski definition) is 7. The molecule has 0 aliphatic carbocycles. The van der Waals surface area contributed by atoms with Crippen molar-refractivity contribution in [3.05, 3.63) is 66.2 Å². The first kappa shape index (κ1) is 23.7. The van der Waals surface area contributed by atoms with Crippen LogP contribution in [0, 0.1) is 0 Å². The molecule has 0 N–H and O–H groups in total. The molecule has 8 heteroatoms. The molecule has 0 spiro atoms. The fraction of sp³-hybridized carbons (Fsp3) is 0.318. The van der Waals surface area contributed by atoms with Gasteiger partial charge in [0.1, 0.15) is 12.4 Å². The van der Waals surface area contributed by atoms with Crippen LogP contribution in [0.15, 0.2) is 55.1 Å². The van der Waals surface area contributed by atoms with Gasteiger partial charge < -0.3 is 23.3 Å². The summed E-state index contributed by atoms with van der Waals surface area (Å²) < 4.78 is 38.5. The first-order valence-electron chi connectivity index (χ1n) is 9.33. The summed E-state index contributed by atoms with van der Waals surface area (Å²) in [4.78, 5) is 11.7. The van der Waals surface area contributed by atoms with E-state index in [0.717, 1.165) is 11.1 Å². The summed E-state index contributed by atoms with van der Waals surface area (Å²) >= 11 is 0. The fourth-order valence-corrected chi connectivity index (χ4v) is 3.71. The Morgan fingerprint density at radius 3 is 2.27 bits per heavy atom. The zero-order chi connectivity index (χ0) is 22.0. The molecular formula is C22H27O7P. The van der Waals surface area contributed by atoms with Gasteiger partial charge in [0.25, 0.3) is 0 Å². The molecule has 0 aliphatic heterocycles. The van der Waals surface area contributed by atoms with Gasteiger partial charge in [-0.3, -0.25) is 9.36 Å². The highest BCUT2D eigenvalue weighted by molar-refractivity contribution is 7.52. The average Bonchev–Trinajstić information content (AvgIpc) is 2.77. The largest absolute Gasteiger partial charge is 0.493 e. The van der Waals surface area contributed by atoms with Crippen molar-refractivity contribution < 1.29 is 32.6 Å². The molecule has 0 saturated heterocycles. The second kappa shape index (κ2) is 11.6. The van der Waals surface area contributed by atoms with Gasteiger partial charge >= 0.3 is 13.6 Å². The topological polar surface area (TPSA) is 80.3 Å². The van der Waals surface area contributed by atoms with E-state index >= 15 is 0 Å². The van der Waals surface area contributed by atoms with Crippen LogP contribution in [-0.2, 0) is 35.7 Å². The lowest BCUT2D eigenvalue weighted by Crippen LogP contribution is -2.05. The van der Waals surface area contributed by atoms with Crippen molar-refractivity contribution >= 4 is 13.6 Å². The summed E-state index contributed by atoms with van der Waals surface area (Å²) in [5, 5.41) is 0. The molecule has 0 fully saturated rings. The second-order valence-corrected chi connectivity index (χ2v) is 8.61. The smallest absolute Gasteiger partial charge is 0.334 e. The molecule has 0 saturated carbocycles. The lowest BCUT2D eigenvalue weighted by Gasteiger charge is -2.14. The van der Waals surface area contributed by atoms with E-state index in [9.17, 15) is 9.36 Å². The first-order valence-corrected chi connectivity index (χ1v) is 11.1. The maximum Gasteiger partial charge on any atom is 0.334 e. The van der Waals surface area contributed by atoms with Crippen molar-refractivity contribution in [2.45, 2.75) is 19.0 Å². The Kier molecular flexibility index (Phi) is 9.12. The number of benzene rings is 2. The van der Waals surface area contributed by atoms with Crippen molar-refractivity contribution in [3.8, 4) is 17.2 Å². The molecule has 2 aromatic rings. The minimum atomic E-state index is -3.13. The van der Waals surface area contributed by atoms with Crippen LogP contribution in [0.2, 0.25) is 0 Å². The van der Waals surface area contributed by atoms with E-state index in [1.54, 1.807) is 37.4 Å². The van der Waals surface area contributed by atoms with E-state index in [4.69, 9.17) is 23.3 Å². The predicted molar refractivity (Wildman–Crippen MR) is 114 cm³/mol. The molecule has 0 radical (unpaired) electrons. The van der Waals surface area contributed by atoms with Crippen molar-refractivity contribution in [1.29, 1.82) is 0 Å². The monoisotopic (exact) mass is 434 g/mol. The zero-order valence-electron chi connectivity index (χ0n) is 17.5. The third-order valence-electron chi connectivity index (χ3n) is 4.29. The van der Waals surface area contributed by atoms with Gasteiger partial charge in [-0.1, -0.05) is 30.9 Å². The summed E-state index contributed by atoms with van der Waals surface area (Å²) in [6.07, 6.45) is 2.47. The van der Waals surface area contributed by atoms with Crippen molar-refractivity contribution in [3.63, 3.8) is 0 Å². The zero-order valence-corrected chi connectivity index (χ0v) is 18.4. The van der Waals surface area contributed by atoms with Crippen LogP contribution in [0.5, 0.6) is 17.2 Å².